The fraction of sp³-hybridized carbons (Fsp3) is 0.200. The Morgan fingerprint density at radius 2 is 1.70 bits per heavy atom. The van der Waals surface area contributed by atoms with Gasteiger partial charge in [-0.2, -0.15) is 0 Å². The summed E-state index contributed by atoms with van der Waals surface area (Å²) in [6.45, 7) is 3.44. The van der Waals surface area contributed by atoms with Gasteiger partial charge in [0, 0.05) is 10.6 Å². The van der Waals surface area contributed by atoms with Gasteiger partial charge in [0.2, 0.25) is 0 Å². The zero-order valence-corrected chi connectivity index (χ0v) is 12.5. The van der Waals surface area contributed by atoms with Crippen LogP contribution in [0.2, 0.25) is 10.0 Å². The number of Topliss-reactive ketones (excluding diaryl/α,β-unsaturated/α-hetero) is 2. The lowest BCUT2D eigenvalue weighted by Crippen LogP contribution is -2.09. The SMILES string of the molecule is Cc1cc(C(=O)CC(=O)c2cc(Cl)ccc2Cl)c(C)o1. The van der Waals surface area contributed by atoms with Crippen molar-refractivity contribution in [1.82, 2.24) is 0 Å². The van der Waals surface area contributed by atoms with Gasteiger partial charge in [0.05, 0.1) is 17.0 Å². The van der Waals surface area contributed by atoms with Gasteiger partial charge in [0.1, 0.15) is 11.5 Å². The summed E-state index contributed by atoms with van der Waals surface area (Å²) in [5, 5.41) is 0.688. The second-order valence-electron chi connectivity index (χ2n) is 4.47. The molecule has 5 heteroatoms. The van der Waals surface area contributed by atoms with Gasteiger partial charge >= 0.3 is 0 Å². The molecule has 0 fully saturated rings. The van der Waals surface area contributed by atoms with Gasteiger partial charge in [-0.05, 0) is 38.1 Å². The lowest BCUT2D eigenvalue weighted by Gasteiger charge is -2.03. The quantitative estimate of drug-likeness (QED) is 0.609. The molecule has 0 aliphatic heterocycles. The fourth-order valence-electron chi connectivity index (χ4n) is 1.96. The van der Waals surface area contributed by atoms with Crippen molar-refractivity contribution in [1.29, 1.82) is 0 Å². The number of ketones is 2. The molecule has 0 N–H and O–H groups in total. The number of halogens is 2. The van der Waals surface area contributed by atoms with E-state index in [2.05, 4.69) is 0 Å². The fourth-order valence-corrected chi connectivity index (χ4v) is 2.35. The van der Waals surface area contributed by atoms with Crippen LogP contribution in [-0.4, -0.2) is 11.6 Å². The monoisotopic (exact) mass is 310 g/mol. The van der Waals surface area contributed by atoms with Gasteiger partial charge in [0.25, 0.3) is 0 Å². The highest BCUT2D eigenvalue weighted by Gasteiger charge is 2.19. The van der Waals surface area contributed by atoms with Crippen molar-refractivity contribution >= 4 is 34.8 Å². The summed E-state index contributed by atoms with van der Waals surface area (Å²) in [5.74, 6) is 0.498. The average molecular weight is 311 g/mol. The zero-order chi connectivity index (χ0) is 14.9. The highest BCUT2D eigenvalue weighted by atomic mass is 35.5. The Hall–Kier alpha value is -1.58. The number of carbonyl (C=O) groups is 2. The van der Waals surface area contributed by atoms with Crippen LogP contribution in [0.25, 0.3) is 0 Å². The van der Waals surface area contributed by atoms with E-state index >= 15 is 0 Å². The van der Waals surface area contributed by atoms with Gasteiger partial charge in [-0.15, -0.1) is 0 Å². The van der Waals surface area contributed by atoms with E-state index in [-0.39, 0.29) is 28.6 Å². The number of rotatable bonds is 4. The highest BCUT2D eigenvalue weighted by molar-refractivity contribution is 6.36. The van der Waals surface area contributed by atoms with Crippen molar-refractivity contribution in [2.45, 2.75) is 20.3 Å². The maximum Gasteiger partial charge on any atom is 0.174 e. The Labute approximate surface area is 126 Å². The molecular weight excluding hydrogens is 299 g/mol. The van der Waals surface area contributed by atoms with Gasteiger partial charge in [-0.1, -0.05) is 23.2 Å². The first-order chi connectivity index (χ1) is 9.38. The summed E-state index contributed by atoms with van der Waals surface area (Å²) < 4.78 is 5.29. The predicted molar refractivity (Wildman–Crippen MR) is 77.9 cm³/mol. The van der Waals surface area contributed by atoms with Crippen LogP contribution in [0, 0.1) is 13.8 Å². The molecule has 2 aromatic rings. The number of carbonyl (C=O) groups excluding carboxylic acids is 2. The Morgan fingerprint density at radius 3 is 2.30 bits per heavy atom. The Morgan fingerprint density at radius 1 is 1.05 bits per heavy atom. The van der Waals surface area contributed by atoms with Crippen LogP contribution in [-0.2, 0) is 0 Å². The van der Waals surface area contributed by atoms with Crippen LogP contribution in [0.5, 0.6) is 0 Å². The second kappa shape index (κ2) is 5.81. The third kappa shape index (κ3) is 3.11. The molecule has 0 unspecified atom stereocenters. The van der Waals surface area contributed by atoms with Crippen molar-refractivity contribution in [2.24, 2.45) is 0 Å². The minimum absolute atomic E-state index is 0.255. The topological polar surface area (TPSA) is 47.3 Å². The summed E-state index contributed by atoms with van der Waals surface area (Å²) in [4.78, 5) is 24.2. The maximum atomic E-state index is 12.1. The first-order valence-electron chi connectivity index (χ1n) is 5.97. The molecule has 3 nitrogen and oxygen atoms in total. The number of aryl methyl sites for hydroxylation is 2. The molecule has 0 aliphatic carbocycles. The van der Waals surface area contributed by atoms with Crippen molar-refractivity contribution in [3.05, 3.63) is 57.0 Å². The second-order valence-corrected chi connectivity index (χ2v) is 5.32. The summed E-state index contributed by atoms with van der Waals surface area (Å²) in [6, 6.07) is 6.22. The van der Waals surface area contributed by atoms with Crippen LogP contribution in [0.4, 0.5) is 0 Å². The van der Waals surface area contributed by atoms with Gasteiger partial charge in [-0.3, -0.25) is 9.59 Å². The first-order valence-corrected chi connectivity index (χ1v) is 6.72. The Balaban J connectivity index is 2.21. The van der Waals surface area contributed by atoms with Crippen LogP contribution >= 0.6 is 23.2 Å². The van der Waals surface area contributed by atoms with Crippen LogP contribution in [0.15, 0.2) is 28.7 Å². The van der Waals surface area contributed by atoms with E-state index in [9.17, 15) is 9.59 Å². The minimum atomic E-state index is -0.360. The molecular formula is C15H12Cl2O3. The van der Waals surface area contributed by atoms with Crippen molar-refractivity contribution in [3.63, 3.8) is 0 Å². The van der Waals surface area contributed by atoms with Crippen molar-refractivity contribution in [3.8, 4) is 0 Å². The molecule has 0 saturated carbocycles. The van der Waals surface area contributed by atoms with E-state index in [1.54, 1.807) is 26.0 Å². The van der Waals surface area contributed by atoms with E-state index in [0.29, 0.717) is 22.1 Å². The molecule has 0 bridgehead atoms. The molecule has 0 radical (unpaired) electrons. The Bertz CT molecular complexity index is 686. The molecule has 0 aliphatic rings. The predicted octanol–water partition coefficient (Wildman–Crippen LogP) is 4.66. The molecule has 0 amide bonds. The molecule has 0 saturated heterocycles. The van der Waals surface area contributed by atoms with E-state index in [4.69, 9.17) is 27.6 Å². The van der Waals surface area contributed by atoms with E-state index < -0.39 is 0 Å². The largest absolute Gasteiger partial charge is 0.466 e. The number of benzene rings is 1. The third-order valence-corrected chi connectivity index (χ3v) is 3.46. The lowest BCUT2D eigenvalue weighted by atomic mass is 10.0. The molecule has 2 rings (SSSR count). The van der Waals surface area contributed by atoms with E-state index in [0.717, 1.165) is 0 Å². The molecule has 104 valence electrons. The van der Waals surface area contributed by atoms with E-state index in [1.165, 1.54) is 12.1 Å². The van der Waals surface area contributed by atoms with Gasteiger partial charge < -0.3 is 4.42 Å². The number of hydrogen-bond donors (Lipinski definition) is 0. The van der Waals surface area contributed by atoms with Gasteiger partial charge in [-0.25, -0.2) is 0 Å². The van der Waals surface area contributed by atoms with Crippen molar-refractivity contribution < 1.29 is 14.0 Å². The Kier molecular flexibility index (Phi) is 4.31. The highest BCUT2D eigenvalue weighted by Crippen LogP contribution is 2.23. The zero-order valence-electron chi connectivity index (χ0n) is 11.0. The van der Waals surface area contributed by atoms with Crippen LogP contribution < -0.4 is 0 Å². The molecule has 20 heavy (non-hydrogen) atoms. The maximum absolute atomic E-state index is 12.1. The third-order valence-electron chi connectivity index (χ3n) is 2.89. The smallest absolute Gasteiger partial charge is 0.174 e. The number of furan rings is 1. The molecule has 1 heterocycles. The normalized spacial score (nSPS) is 10.6. The first kappa shape index (κ1) is 14.8. The molecule has 1 aromatic heterocycles. The molecule has 1 aromatic carbocycles. The average Bonchev–Trinajstić information content (AvgIpc) is 2.71. The molecule has 0 spiro atoms. The lowest BCUT2D eigenvalue weighted by molar-refractivity contribution is 0.0893. The standard InChI is InChI=1S/C15H12Cl2O3/c1-8-5-11(9(2)20-8)14(18)7-15(19)12-6-10(16)3-4-13(12)17/h3-6H,7H2,1-2H3. The van der Waals surface area contributed by atoms with Crippen molar-refractivity contribution in [2.75, 3.05) is 0 Å². The summed E-state index contributed by atoms with van der Waals surface area (Å²) in [5.41, 5.74) is 0.680. The van der Waals surface area contributed by atoms with Crippen LogP contribution in [0.3, 0.4) is 0 Å². The van der Waals surface area contributed by atoms with Crippen LogP contribution in [0.1, 0.15) is 38.7 Å². The van der Waals surface area contributed by atoms with E-state index in [1.807, 2.05) is 0 Å². The molecule has 0 atom stereocenters. The summed E-state index contributed by atoms with van der Waals surface area (Å²) in [7, 11) is 0. The summed E-state index contributed by atoms with van der Waals surface area (Å²) >= 11 is 11.8. The summed E-state index contributed by atoms with van der Waals surface area (Å²) in [6.07, 6.45) is -0.264. The minimum Gasteiger partial charge on any atom is -0.466 e. The van der Waals surface area contributed by atoms with Gasteiger partial charge in [0.15, 0.2) is 11.6 Å². The number of hydrogen-bond acceptors (Lipinski definition) is 3.